The summed E-state index contributed by atoms with van der Waals surface area (Å²) in [5.41, 5.74) is 7.49. The van der Waals surface area contributed by atoms with Crippen molar-refractivity contribution in [1.29, 1.82) is 0 Å². The number of nitrogens with one attached hydrogen (secondary N) is 2. The van der Waals surface area contributed by atoms with Crippen LogP contribution in [0.25, 0.3) is 0 Å². The van der Waals surface area contributed by atoms with Crippen LogP contribution in [0.5, 0.6) is 0 Å². The van der Waals surface area contributed by atoms with Crippen molar-refractivity contribution in [3.63, 3.8) is 0 Å². The molecule has 0 saturated heterocycles. The van der Waals surface area contributed by atoms with E-state index in [0.29, 0.717) is 12.1 Å². The number of nitrogens with zero attached hydrogens (tertiary/aromatic N) is 2. The van der Waals surface area contributed by atoms with Gasteiger partial charge in [0.1, 0.15) is 6.04 Å². The zero-order valence-electron chi connectivity index (χ0n) is 14.6. The number of hydrazone groups is 1. The van der Waals surface area contributed by atoms with Gasteiger partial charge in [-0.3, -0.25) is 9.78 Å². The fourth-order valence-corrected chi connectivity index (χ4v) is 2.39. The Kier molecular flexibility index (Phi) is 6.07. The zero-order chi connectivity index (χ0) is 17.5. The van der Waals surface area contributed by atoms with Gasteiger partial charge in [0.05, 0.1) is 11.9 Å². The number of benzene rings is 1. The lowest BCUT2D eigenvalue weighted by Gasteiger charge is -2.18. The minimum Gasteiger partial charge on any atom is -0.373 e. The third-order valence-electron chi connectivity index (χ3n) is 3.72. The third-order valence-corrected chi connectivity index (χ3v) is 3.72. The lowest BCUT2D eigenvalue weighted by Crippen LogP contribution is -2.37. The predicted octanol–water partition coefficient (Wildman–Crippen LogP) is 3.35. The van der Waals surface area contributed by atoms with Gasteiger partial charge in [-0.2, -0.15) is 5.10 Å². The van der Waals surface area contributed by atoms with Crippen LogP contribution in [0.15, 0.2) is 41.5 Å². The van der Waals surface area contributed by atoms with Crippen molar-refractivity contribution in [2.75, 3.05) is 5.32 Å². The first-order chi connectivity index (χ1) is 11.5. The Hall–Kier alpha value is -2.69. The summed E-state index contributed by atoms with van der Waals surface area (Å²) >= 11 is 0. The van der Waals surface area contributed by atoms with Gasteiger partial charge in [-0.1, -0.05) is 30.7 Å². The molecule has 126 valence electrons. The standard InChI is InChI=1S/C19H24N4O/c1-5-17(22-18-10-9-13(2)11-14(18)3)19(24)23-20-12-16-8-6-7-15(4)21-16/h6-12,17,22H,5H2,1-4H3,(H,23,24). The highest BCUT2D eigenvalue weighted by Crippen LogP contribution is 2.17. The van der Waals surface area contributed by atoms with Crippen LogP contribution in [-0.2, 0) is 4.79 Å². The Bertz CT molecular complexity index is 740. The van der Waals surface area contributed by atoms with Crippen molar-refractivity contribution in [1.82, 2.24) is 10.4 Å². The van der Waals surface area contributed by atoms with E-state index in [1.807, 2.05) is 51.1 Å². The Morgan fingerprint density at radius 1 is 1.25 bits per heavy atom. The maximum Gasteiger partial charge on any atom is 0.262 e. The highest BCUT2D eigenvalue weighted by Gasteiger charge is 2.16. The second-order valence-corrected chi connectivity index (χ2v) is 5.86. The molecule has 1 atom stereocenters. The lowest BCUT2D eigenvalue weighted by molar-refractivity contribution is -0.121. The van der Waals surface area contributed by atoms with Crippen LogP contribution in [-0.4, -0.2) is 23.1 Å². The molecule has 0 saturated carbocycles. The molecular formula is C19H24N4O. The van der Waals surface area contributed by atoms with Crippen molar-refractivity contribution in [2.45, 2.75) is 40.2 Å². The van der Waals surface area contributed by atoms with Crippen molar-refractivity contribution in [3.8, 4) is 0 Å². The van der Waals surface area contributed by atoms with Crippen LogP contribution in [0.1, 0.15) is 35.9 Å². The molecule has 0 spiro atoms. The Morgan fingerprint density at radius 2 is 2.04 bits per heavy atom. The number of aromatic nitrogens is 1. The number of pyridine rings is 1. The maximum atomic E-state index is 12.3. The Balaban J connectivity index is 1.98. The molecule has 1 aromatic heterocycles. The summed E-state index contributed by atoms with van der Waals surface area (Å²) in [5.74, 6) is -0.165. The fourth-order valence-electron chi connectivity index (χ4n) is 2.39. The fraction of sp³-hybridized carbons (Fsp3) is 0.316. The highest BCUT2D eigenvalue weighted by atomic mass is 16.2. The highest BCUT2D eigenvalue weighted by molar-refractivity contribution is 5.86. The van der Waals surface area contributed by atoms with Crippen LogP contribution >= 0.6 is 0 Å². The minimum absolute atomic E-state index is 0.165. The van der Waals surface area contributed by atoms with E-state index in [4.69, 9.17) is 0 Å². The molecule has 24 heavy (non-hydrogen) atoms. The molecule has 2 aromatic rings. The van der Waals surface area contributed by atoms with E-state index in [1.54, 1.807) is 6.21 Å². The third kappa shape index (κ3) is 4.91. The summed E-state index contributed by atoms with van der Waals surface area (Å²) in [6, 6.07) is 11.4. The van der Waals surface area contributed by atoms with Gasteiger partial charge >= 0.3 is 0 Å². The van der Waals surface area contributed by atoms with Crippen molar-refractivity contribution in [2.24, 2.45) is 5.10 Å². The number of hydrogen-bond acceptors (Lipinski definition) is 4. The van der Waals surface area contributed by atoms with Crippen LogP contribution in [0.3, 0.4) is 0 Å². The van der Waals surface area contributed by atoms with Crippen LogP contribution < -0.4 is 10.7 Å². The molecule has 2 rings (SSSR count). The average Bonchev–Trinajstić information content (AvgIpc) is 2.54. The molecule has 1 amide bonds. The molecule has 0 aliphatic rings. The van der Waals surface area contributed by atoms with Gasteiger partial charge in [-0.05, 0) is 51.0 Å². The normalized spacial score (nSPS) is 12.2. The Morgan fingerprint density at radius 3 is 2.71 bits per heavy atom. The van der Waals surface area contributed by atoms with Crippen molar-refractivity contribution < 1.29 is 4.79 Å². The van der Waals surface area contributed by atoms with E-state index >= 15 is 0 Å². The lowest BCUT2D eigenvalue weighted by atomic mass is 10.1. The summed E-state index contributed by atoms with van der Waals surface area (Å²) in [6.07, 6.45) is 2.21. The van der Waals surface area contributed by atoms with Crippen molar-refractivity contribution in [3.05, 3.63) is 58.9 Å². The van der Waals surface area contributed by atoms with Gasteiger partial charge in [0.25, 0.3) is 5.91 Å². The van der Waals surface area contributed by atoms with Gasteiger partial charge < -0.3 is 5.32 Å². The molecule has 0 aliphatic heterocycles. The second-order valence-electron chi connectivity index (χ2n) is 5.86. The molecule has 1 heterocycles. The first-order valence-electron chi connectivity index (χ1n) is 8.10. The Labute approximate surface area is 143 Å². The van der Waals surface area contributed by atoms with Gasteiger partial charge in [0.2, 0.25) is 0 Å². The molecule has 0 fully saturated rings. The number of carbonyl (C=O) groups is 1. The van der Waals surface area contributed by atoms with Gasteiger partial charge in [0.15, 0.2) is 0 Å². The van der Waals surface area contributed by atoms with E-state index in [-0.39, 0.29) is 11.9 Å². The summed E-state index contributed by atoms with van der Waals surface area (Å²) in [5, 5.41) is 7.28. The second kappa shape index (κ2) is 8.24. The average molecular weight is 324 g/mol. The predicted molar refractivity (Wildman–Crippen MR) is 98.3 cm³/mol. The monoisotopic (exact) mass is 324 g/mol. The van der Waals surface area contributed by atoms with E-state index in [2.05, 4.69) is 33.8 Å². The maximum absolute atomic E-state index is 12.3. The largest absolute Gasteiger partial charge is 0.373 e. The molecule has 5 nitrogen and oxygen atoms in total. The number of hydrogen-bond donors (Lipinski definition) is 2. The number of amides is 1. The van der Waals surface area contributed by atoms with Crippen LogP contribution in [0.2, 0.25) is 0 Å². The van der Waals surface area contributed by atoms with E-state index < -0.39 is 0 Å². The summed E-state index contributed by atoms with van der Waals surface area (Å²) in [4.78, 5) is 16.6. The number of rotatable bonds is 6. The molecule has 0 aliphatic carbocycles. The molecule has 1 unspecified atom stereocenters. The number of anilines is 1. The first-order valence-corrected chi connectivity index (χ1v) is 8.10. The number of carbonyl (C=O) groups excluding carboxylic acids is 1. The molecular weight excluding hydrogens is 300 g/mol. The smallest absolute Gasteiger partial charge is 0.262 e. The van der Waals surface area contributed by atoms with Gasteiger partial charge in [0, 0.05) is 11.4 Å². The zero-order valence-corrected chi connectivity index (χ0v) is 14.6. The molecule has 5 heteroatoms. The van der Waals surface area contributed by atoms with E-state index in [1.165, 1.54) is 5.56 Å². The molecule has 0 bridgehead atoms. The summed E-state index contributed by atoms with van der Waals surface area (Å²) < 4.78 is 0. The molecule has 0 radical (unpaired) electrons. The summed E-state index contributed by atoms with van der Waals surface area (Å²) in [6.45, 7) is 7.96. The van der Waals surface area contributed by atoms with Gasteiger partial charge in [-0.25, -0.2) is 5.43 Å². The first kappa shape index (κ1) is 17.7. The van der Waals surface area contributed by atoms with E-state index in [9.17, 15) is 4.79 Å². The number of aryl methyl sites for hydroxylation is 3. The topological polar surface area (TPSA) is 66.4 Å². The SMILES string of the molecule is CCC(Nc1ccc(C)cc1C)C(=O)NN=Cc1cccc(C)n1. The van der Waals surface area contributed by atoms with Crippen LogP contribution in [0, 0.1) is 20.8 Å². The minimum atomic E-state index is -0.339. The van der Waals surface area contributed by atoms with Crippen molar-refractivity contribution >= 4 is 17.8 Å². The van der Waals surface area contributed by atoms with Gasteiger partial charge in [-0.15, -0.1) is 0 Å². The quantitative estimate of drug-likeness (QED) is 0.632. The molecule has 1 aromatic carbocycles. The molecule has 2 N–H and O–H groups in total. The van der Waals surface area contributed by atoms with Crippen LogP contribution in [0.4, 0.5) is 5.69 Å². The summed E-state index contributed by atoms with van der Waals surface area (Å²) in [7, 11) is 0. The van der Waals surface area contributed by atoms with E-state index in [0.717, 1.165) is 16.9 Å².